The number of carbonyl (C=O) groups excluding carboxylic acids is 1. The zero-order valence-electron chi connectivity index (χ0n) is 18.1. The number of nitrogens with one attached hydrogen (secondary N) is 1. The zero-order valence-corrected chi connectivity index (χ0v) is 18.1. The molecule has 0 aliphatic carbocycles. The number of nitro benzene ring substituents is 1. The first-order valence-corrected chi connectivity index (χ1v) is 10.4. The summed E-state index contributed by atoms with van der Waals surface area (Å²) in [5, 5.41) is 14.2. The van der Waals surface area contributed by atoms with Gasteiger partial charge in [-0.25, -0.2) is 0 Å². The summed E-state index contributed by atoms with van der Waals surface area (Å²) < 4.78 is 49.6. The van der Waals surface area contributed by atoms with E-state index < -0.39 is 22.4 Å². The molecule has 0 bridgehead atoms. The van der Waals surface area contributed by atoms with E-state index in [9.17, 15) is 28.1 Å². The molecule has 1 aliphatic rings. The molecule has 0 atom stereocenters. The molecule has 3 rings (SSSR count). The summed E-state index contributed by atoms with van der Waals surface area (Å²) in [5.41, 5.74) is -1.10. The topological polar surface area (TPSA) is 93.9 Å². The summed E-state index contributed by atoms with van der Waals surface area (Å²) in [7, 11) is 1.51. The van der Waals surface area contributed by atoms with Gasteiger partial charge in [-0.1, -0.05) is 0 Å². The standard InChI is InChI=1S/C22H24F3N3O5/c1-3-33-20-7-5-16(32-2)13-17(20)26-21(29)14-8-10-27(11-9-14)18-6-4-15(22(23,24)25)12-19(18)28(30)31/h4-7,12-14H,3,8-11H2,1-2H3,(H,26,29). The molecule has 0 saturated carbocycles. The minimum atomic E-state index is -4.67. The normalized spacial score (nSPS) is 14.6. The Morgan fingerprint density at radius 2 is 1.91 bits per heavy atom. The van der Waals surface area contributed by atoms with Crippen molar-refractivity contribution in [1.29, 1.82) is 0 Å². The third-order valence-corrected chi connectivity index (χ3v) is 5.45. The molecule has 1 heterocycles. The Balaban J connectivity index is 1.70. The first-order chi connectivity index (χ1) is 15.6. The number of halogens is 3. The number of amides is 1. The fraction of sp³-hybridized carbons (Fsp3) is 0.409. The molecule has 1 saturated heterocycles. The third kappa shape index (κ3) is 5.65. The largest absolute Gasteiger partial charge is 0.497 e. The monoisotopic (exact) mass is 467 g/mol. The Kier molecular flexibility index (Phi) is 7.29. The molecule has 11 heteroatoms. The van der Waals surface area contributed by atoms with E-state index in [0.717, 1.165) is 12.1 Å². The smallest absolute Gasteiger partial charge is 0.416 e. The van der Waals surface area contributed by atoms with Crippen LogP contribution in [-0.4, -0.2) is 37.6 Å². The van der Waals surface area contributed by atoms with Crippen LogP contribution in [0, 0.1) is 16.0 Å². The van der Waals surface area contributed by atoms with Crippen molar-refractivity contribution in [2.24, 2.45) is 5.92 Å². The predicted octanol–water partition coefficient (Wildman–Crippen LogP) is 4.88. The maximum absolute atomic E-state index is 13.0. The van der Waals surface area contributed by atoms with E-state index in [1.807, 2.05) is 6.92 Å². The summed E-state index contributed by atoms with van der Waals surface area (Å²) in [6, 6.07) is 7.57. The molecule has 8 nitrogen and oxygen atoms in total. The van der Waals surface area contributed by atoms with Crippen LogP contribution in [0.2, 0.25) is 0 Å². The van der Waals surface area contributed by atoms with Crippen molar-refractivity contribution in [3.8, 4) is 11.5 Å². The highest BCUT2D eigenvalue weighted by Crippen LogP contribution is 2.38. The van der Waals surface area contributed by atoms with E-state index in [2.05, 4.69) is 5.32 Å². The van der Waals surface area contributed by atoms with Gasteiger partial charge in [0.25, 0.3) is 5.69 Å². The van der Waals surface area contributed by atoms with Gasteiger partial charge in [0.15, 0.2) is 0 Å². The lowest BCUT2D eigenvalue weighted by molar-refractivity contribution is -0.384. The van der Waals surface area contributed by atoms with Crippen LogP contribution in [0.5, 0.6) is 11.5 Å². The molecule has 0 spiro atoms. The lowest BCUT2D eigenvalue weighted by Crippen LogP contribution is -2.38. The van der Waals surface area contributed by atoms with Crippen LogP contribution in [0.25, 0.3) is 0 Å². The van der Waals surface area contributed by atoms with Crippen molar-refractivity contribution in [3.63, 3.8) is 0 Å². The zero-order chi connectivity index (χ0) is 24.2. The average Bonchev–Trinajstić information content (AvgIpc) is 2.79. The highest BCUT2D eigenvalue weighted by atomic mass is 19.4. The van der Waals surface area contributed by atoms with Crippen LogP contribution in [0.4, 0.5) is 30.2 Å². The lowest BCUT2D eigenvalue weighted by Gasteiger charge is -2.32. The van der Waals surface area contributed by atoms with Gasteiger partial charge in [0.2, 0.25) is 5.91 Å². The molecule has 1 N–H and O–H groups in total. The third-order valence-electron chi connectivity index (χ3n) is 5.45. The van der Waals surface area contributed by atoms with Crippen LogP contribution in [0.15, 0.2) is 36.4 Å². The van der Waals surface area contributed by atoms with E-state index in [1.54, 1.807) is 23.1 Å². The van der Waals surface area contributed by atoms with Gasteiger partial charge in [0.1, 0.15) is 17.2 Å². The highest BCUT2D eigenvalue weighted by molar-refractivity contribution is 5.94. The van der Waals surface area contributed by atoms with Crippen molar-refractivity contribution in [1.82, 2.24) is 0 Å². The molecule has 33 heavy (non-hydrogen) atoms. The molecular formula is C22H24F3N3O5. The fourth-order valence-corrected chi connectivity index (χ4v) is 3.75. The number of nitrogens with zero attached hydrogens (tertiary/aromatic N) is 2. The van der Waals surface area contributed by atoms with Gasteiger partial charge in [-0.15, -0.1) is 0 Å². The number of piperidine rings is 1. The van der Waals surface area contributed by atoms with Crippen LogP contribution in [0.1, 0.15) is 25.3 Å². The number of alkyl halides is 3. The van der Waals surface area contributed by atoms with Crippen molar-refractivity contribution in [2.75, 3.05) is 37.0 Å². The number of ether oxygens (including phenoxy) is 2. The van der Waals surface area contributed by atoms with Gasteiger partial charge >= 0.3 is 6.18 Å². The Bertz CT molecular complexity index is 1020. The molecule has 1 fully saturated rings. The van der Waals surface area contributed by atoms with Crippen LogP contribution >= 0.6 is 0 Å². The Labute approximate surface area is 188 Å². The van der Waals surface area contributed by atoms with E-state index in [0.29, 0.717) is 55.8 Å². The molecule has 178 valence electrons. The molecule has 2 aromatic carbocycles. The number of hydrogen-bond acceptors (Lipinski definition) is 6. The van der Waals surface area contributed by atoms with Crippen molar-refractivity contribution < 1.29 is 32.4 Å². The Morgan fingerprint density at radius 3 is 2.48 bits per heavy atom. The molecule has 1 amide bonds. The molecule has 0 radical (unpaired) electrons. The summed E-state index contributed by atoms with van der Waals surface area (Å²) in [5.74, 6) is 0.462. The second-order valence-corrected chi connectivity index (χ2v) is 7.50. The van der Waals surface area contributed by atoms with Gasteiger partial charge in [0, 0.05) is 31.1 Å². The quantitative estimate of drug-likeness (QED) is 0.461. The maximum Gasteiger partial charge on any atom is 0.416 e. The molecular weight excluding hydrogens is 443 g/mol. The predicted molar refractivity (Wildman–Crippen MR) is 116 cm³/mol. The number of nitro groups is 1. The first-order valence-electron chi connectivity index (χ1n) is 10.4. The molecule has 1 aliphatic heterocycles. The van der Waals surface area contributed by atoms with Crippen LogP contribution in [-0.2, 0) is 11.0 Å². The number of hydrogen-bond donors (Lipinski definition) is 1. The van der Waals surface area contributed by atoms with Crippen molar-refractivity contribution in [3.05, 3.63) is 52.1 Å². The molecule has 2 aromatic rings. The van der Waals surface area contributed by atoms with Gasteiger partial charge in [-0.05, 0) is 44.0 Å². The van der Waals surface area contributed by atoms with Gasteiger partial charge in [0.05, 0.1) is 29.9 Å². The fourth-order valence-electron chi connectivity index (χ4n) is 3.75. The number of benzene rings is 2. The van der Waals surface area contributed by atoms with Crippen LogP contribution < -0.4 is 19.7 Å². The minimum Gasteiger partial charge on any atom is -0.497 e. The number of rotatable bonds is 7. The number of methoxy groups -OCH3 is 1. The summed E-state index contributed by atoms with van der Waals surface area (Å²) in [6.07, 6.45) is -3.90. The minimum absolute atomic E-state index is 0.110. The lowest BCUT2D eigenvalue weighted by atomic mass is 9.95. The van der Waals surface area contributed by atoms with E-state index >= 15 is 0 Å². The van der Waals surface area contributed by atoms with Gasteiger partial charge in [-0.2, -0.15) is 13.2 Å². The highest BCUT2D eigenvalue weighted by Gasteiger charge is 2.35. The Morgan fingerprint density at radius 1 is 1.21 bits per heavy atom. The van der Waals surface area contributed by atoms with E-state index in [4.69, 9.17) is 9.47 Å². The first kappa shape index (κ1) is 24.1. The summed E-state index contributed by atoms with van der Waals surface area (Å²) in [4.78, 5) is 25.0. The number of carbonyl (C=O) groups is 1. The SMILES string of the molecule is CCOc1ccc(OC)cc1NC(=O)C1CCN(c2ccc(C(F)(F)F)cc2[N+](=O)[O-])CC1. The maximum atomic E-state index is 13.0. The van der Waals surface area contributed by atoms with Crippen molar-refractivity contribution in [2.45, 2.75) is 25.9 Å². The van der Waals surface area contributed by atoms with Crippen LogP contribution in [0.3, 0.4) is 0 Å². The number of anilines is 2. The van der Waals surface area contributed by atoms with E-state index in [-0.39, 0.29) is 17.5 Å². The van der Waals surface area contributed by atoms with Gasteiger partial charge < -0.3 is 19.7 Å². The average molecular weight is 467 g/mol. The second kappa shape index (κ2) is 9.97. The summed E-state index contributed by atoms with van der Waals surface area (Å²) in [6.45, 7) is 2.83. The van der Waals surface area contributed by atoms with Crippen molar-refractivity contribution >= 4 is 23.0 Å². The molecule has 0 aromatic heterocycles. The Hall–Kier alpha value is -3.50. The summed E-state index contributed by atoms with van der Waals surface area (Å²) >= 11 is 0. The second-order valence-electron chi connectivity index (χ2n) is 7.50. The van der Waals surface area contributed by atoms with Gasteiger partial charge in [-0.3, -0.25) is 14.9 Å². The molecule has 0 unspecified atom stereocenters. The van der Waals surface area contributed by atoms with E-state index in [1.165, 1.54) is 7.11 Å².